The van der Waals surface area contributed by atoms with Crippen LogP contribution in [0.2, 0.25) is 0 Å². The molecular weight excluding hydrogens is 343 g/mol. The number of nitrogens with zero attached hydrogens (tertiary/aromatic N) is 2. The molecule has 0 saturated heterocycles. The number of anilines is 1. The molecule has 3 aromatic rings. The topological polar surface area (TPSA) is 33.2 Å². The van der Waals surface area contributed by atoms with E-state index in [9.17, 15) is 9.18 Å². The van der Waals surface area contributed by atoms with Crippen molar-refractivity contribution >= 4 is 34.3 Å². The fraction of sp³-hybridized carbons (Fsp3) is 0.222. The van der Waals surface area contributed by atoms with Gasteiger partial charge in [0.2, 0.25) is 5.91 Å². The van der Waals surface area contributed by atoms with Crippen LogP contribution in [-0.2, 0) is 17.6 Å². The van der Waals surface area contributed by atoms with Gasteiger partial charge in [-0.1, -0.05) is 6.07 Å². The first-order valence-electron chi connectivity index (χ1n) is 7.76. The molecule has 0 saturated carbocycles. The molecule has 24 heavy (non-hydrogen) atoms. The number of hydrogen-bond acceptors (Lipinski definition) is 4. The van der Waals surface area contributed by atoms with E-state index in [0.717, 1.165) is 34.7 Å². The van der Waals surface area contributed by atoms with E-state index < -0.39 is 0 Å². The Kier molecular flexibility index (Phi) is 4.16. The summed E-state index contributed by atoms with van der Waals surface area (Å²) in [4.78, 5) is 19.0. The Morgan fingerprint density at radius 2 is 2.21 bits per heavy atom. The number of thiophene rings is 1. The summed E-state index contributed by atoms with van der Waals surface area (Å²) in [5.74, 6) is -0.328. The fourth-order valence-corrected chi connectivity index (χ4v) is 4.50. The number of fused-ring (bicyclic) bond motifs is 1. The van der Waals surface area contributed by atoms with E-state index in [-0.39, 0.29) is 18.1 Å². The molecule has 1 aliphatic rings. The number of aromatic nitrogens is 1. The van der Waals surface area contributed by atoms with Gasteiger partial charge in [0.1, 0.15) is 10.8 Å². The summed E-state index contributed by atoms with van der Waals surface area (Å²) in [5.41, 5.74) is 3.61. The van der Waals surface area contributed by atoms with E-state index in [1.165, 1.54) is 12.1 Å². The van der Waals surface area contributed by atoms with Crippen molar-refractivity contribution in [2.45, 2.75) is 19.3 Å². The number of thiazole rings is 1. The van der Waals surface area contributed by atoms with E-state index in [1.807, 2.05) is 22.2 Å². The lowest BCUT2D eigenvalue weighted by Gasteiger charge is -2.29. The van der Waals surface area contributed by atoms with Crippen LogP contribution in [0.5, 0.6) is 0 Å². The number of aryl methyl sites for hydroxylation is 1. The molecule has 4 rings (SSSR count). The maximum absolute atomic E-state index is 13.6. The molecule has 2 aromatic heterocycles. The van der Waals surface area contributed by atoms with Crippen LogP contribution in [0, 0.1) is 5.82 Å². The van der Waals surface area contributed by atoms with Crippen molar-refractivity contribution in [3.8, 4) is 10.6 Å². The molecule has 122 valence electrons. The second-order valence-corrected chi connectivity index (χ2v) is 7.39. The van der Waals surface area contributed by atoms with Crippen molar-refractivity contribution < 1.29 is 9.18 Å². The number of halogens is 1. The Balaban J connectivity index is 1.54. The molecule has 3 heterocycles. The van der Waals surface area contributed by atoms with Crippen molar-refractivity contribution in [3.05, 3.63) is 57.5 Å². The molecule has 0 aliphatic carbocycles. The summed E-state index contributed by atoms with van der Waals surface area (Å²) >= 11 is 3.18. The lowest BCUT2D eigenvalue weighted by atomic mass is 10.0. The molecule has 0 bridgehead atoms. The van der Waals surface area contributed by atoms with E-state index >= 15 is 0 Å². The zero-order chi connectivity index (χ0) is 16.5. The Bertz CT molecular complexity index is 873. The average Bonchev–Trinajstić information content (AvgIpc) is 3.25. The van der Waals surface area contributed by atoms with E-state index in [0.29, 0.717) is 12.2 Å². The summed E-state index contributed by atoms with van der Waals surface area (Å²) in [7, 11) is 0. The molecule has 0 atom stereocenters. The van der Waals surface area contributed by atoms with Crippen LogP contribution in [0.3, 0.4) is 0 Å². The summed E-state index contributed by atoms with van der Waals surface area (Å²) in [5, 5.41) is 6.93. The zero-order valence-corrected chi connectivity index (χ0v) is 14.5. The van der Waals surface area contributed by atoms with Gasteiger partial charge in [-0.05, 0) is 42.0 Å². The lowest BCUT2D eigenvalue weighted by molar-refractivity contribution is -0.118. The van der Waals surface area contributed by atoms with Gasteiger partial charge in [-0.3, -0.25) is 4.79 Å². The second-order valence-electron chi connectivity index (χ2n) is 5.75. The van der Waals surface area contributed by atoms with Gasteiger partial charge in [0.05, 0.1) is 12.1 Å². The van der Waals surface area contributed by atoms with Crippen molar-refractivity contribution in [2.24, 2.45) is 0 Å². The summed E-state index contributed by atoms with van der Waals surface area (Å²) in [6.45, 7) is 0.636. The molecule has 0 N–H and O–H groups in total. The predicted molar refractivity (Wildman–Crippen MR) is 96.2 cm³/mol. The lowest BCUT2D eigenvalue weighted by Crippen LogP contribution is -2.36. The molecule has 1 aliphatic heterocycles. The highest BCUT2D eigenvalue weighted by molar-refractivity contribution is 7.14. The van der Waals surface area contributed by atoms with Crippen LogP contribution >= 0.6 is 22.7 Å². The van der Waals surface area contributed by atoms with Crippen LogP contribution in [0.1, 0.15) is 17.7 Å². The number of carbonyl (C=O) groups is 1. The zero-order valence-electron chi connectivity index (χ0n) is 12.9. The smallest absolute Gasteiger partial charge is 0.233 e. The van der Waals surface area contributed by atoms with Gasteiger partial charge in [-0.2, -0.15) is 11.3 Å². The molecule has 0 unspecified atom stereocenters. The molecule has 1 aromatic carbocycles. The fourth-order valence-electron chi connectivity index (χ4n) is 2.96. The Morgan fingerprint density at radius 3 is 3.04 bits per heavy atom. The first-order chi connectivity index (χ1) is 11.7. The number of benzene rings is 1. The van der Waals surface area contributed by atoms with Crippen molar-refractivity contribution in [1.82, 2.24) is 4.98 Å². The third kappa shape index (κ3) is 2.99. The van der Waals surface area contributed by atoms with Gasteiger partial charge in [0.15, 0.2) is 0 Å². The van der Waals surface area contributed by atoms with Gasteiger partial charge in [0, 0.05) is 28.6 Å². The number of carbonyl (C=O) groups excluding carboxylic acids is 1. The number of amides is 1. The van der Waals surface area contributed by atoms with Gasteiger partial charge in [0.25, 0.3) is 0 Å². The molecule has 3 nitrogen and oxygen atoms in total. The Hall–Kier alpha value is -2.05. The highest BCUT2D eigenvalue weighted by Gasteiger charge is 2.23. The summed E-state index contributed by atoms with van der Waals surface area (Å²) in [6.07, 6.45) is 2.04. The SMILES string of the molecule is O=C(Cc1csc(-c2ccsc2)n1)N1CCCc2ccc(F)cc21. The van der Waals surface area contributed by atoms with E-state index in [2.05, 4.69) is 4.98 Å². The second kappa shape index (κ2) is 6.45. The highest BCUT2D eigenvalue weighted by Crippen LogP contribution is 2.29. The molecular formula is C18H15FN2OS2. The normalized spacial score (nSPS) is 13.8. The van der Waals surface area contributed by atoms with Crippen molar-refractivity contribution in [3.63, 3.8) is 0 Å². The van der Waals surface area contributed by atoms with Crippen LogP contribution < -0.4 is 4.90 Å². The molecule has 0 radical (unpaired) electrons. The predicted octanol–water partition coefficient (Wildman–Crippen LogP) is 4.53. The first kappa shape index (κ1) is 15.5. The third-order valence-corrected chi connectivity index (χ3v) is 5.74. The van der Waals surface area contributed by atoms with E-state index in [1.54, 1.807) is 33.6 Å². The minimum Gasteiger partial charge on any atom is -0.312 e. The maximum atomic E-state index is 13.6. The molecule has 0 spiro atoms. The summed E-state index contributed by atoms with van der Waals surface area (Å²) < 4.78 is 13.6. The van der Waals surface area contributed by atoms with Gasteiger partial charge >= 0.3 is 0 Å². The molecule has 1 amide bonds. The molecule has 0 fully saturated rings. The standard InChI is InChI=1S/C18H15FN2OS2/c19-14-4-3-12-2-1-6-21(16(12)8-14)17(22)9-15-11-24-18(20-15)13-5-7-23-10-13/h3-5,7-8,10-11H,1-2,6,9H2. The monoisotopic (exact) mass is 358 g/mol. The third-order valence-electron chi connectivity index (χ3n) is 4.12. The summed E-state index contributed by atoms with van der Waals surface area (Å²) in [6, 6.07) is 6.73. The maximum Gasteiger partial charge on any atom is 0.233 e. The minimum absolute atomic E-state index is 0.0243. The van der Waals surface area contributed by atoms with Crippen LogP contribution in [-0.4, -0.2) is 17.4 Å². The van der Waals surface area contributed by atoms with Gasteiger partial charge in [-0.15, -0.1) is 11.3 Å². The first-order valence-corrected chi connectivity index (χ1v) is 9.59. The van der Waals surface area contributed by atoms with E-state index in [4.69, 9.17) is 0 Å². The van der Waals surface area contributed by atoms with Crippen LogP contribution in [0.25, 0.3) is 10.6 Å². The van der Waals surface area contributed by atoms with Crippen LogP contribution in [0.4, 0.5) is 10.1 Å². The number of hydrogen-bond donors (Lipinski definition) is 0. The van der Waals surface area contributed by atoms with Crippen molar-refractivity contribution in [2.75, 3.05) is 11.4 Å². The van der Waals surface area contributed by atoms with Gasteiger partial charge in [-0.25, -0.2) is 9.37 Å². The van der Waals surface area contributed by atoms with Gasteiger partial charge < -0.3 is 4.90 Å². The quantitative estimate of drug-likeness (QED) is 0.689. The Morgan fingerprint density at radius 1 is 1.29 bits per heavy atom. The average molecular weight is 358 g/mol. The highest BCUT2D eigenvalue weighted by atomic mass is 32.1. The minimum atomic E-state index is -0.304. The Labute approximate surface area is 147 Å². The molecule has 6 heteroatoms. The van der Waals surface area contributed by atoms with Crippen molar-refractivity contribution in [1.29, 1.82) is 0 Å². The largest absolute Gasteiger partial charge is 0.312 e. The number of rotatable bonds is 3. The van der Waals surface area contributed by atoms with Crippen LogP contribution in [0.15, 0.2) is 40.4 Å².